The van der Waals surface area contributed by atoms with E-state index < -0.39 is 11.4 Å². The lowest BCUT2D eigenvalue weighted by Gasteiger charge is -2.32. The number of benzene rings is 3. The predicted molar refractivity (Wildman–Crippen MR) is 131 cm³/mol. The van der Waals surface area contributed by atoms with Crippen LogP contribution in [-0.4, -0.2) is 16.9 Å². The van der Waals surface area contributed by atoms with Gasteiger partial charge in [0, 0.05) is 11.4 Å². The Morgan fingerprint density at radius 2 is 1.56 bits per heavy atom. The molecule has 0 spiro atoms. The Morgan fingerprint density at radius 3 is 2.19 bits per heavy atom. The average molecular weight is 488 g/mol. The summed E-state index contributed by atoms with van der Waals surface area (Å²) in [6.45, 7) is 0. The lowest BCUT2D eigenvalue weighted by Crippen LogP contribution is -2.38. The molecule has 1 N–H and O–H groups in total. The largest absolute Gasteiger partial charge is 0.481 e. The van der Waals surface area contributed by atoms with Crippen molar-refractivity contribution in [3.05, 3.63) is 111 Å². The number of rotatable bonds is 9. The quantitative estimate of drug-likeness (QED) is 0.323. The summed E-state index contributed by atoms with van der Waals surface area (Å²) in [4.78, 5) is 25.2. The number of ketones is 1. The van der Waals surface area contributed by atoms with Crippen molar-refractivity contribution in [2.75, 3.05) is 0 Å². The normalized spacial score (nSPS) is 13.1. The molecular formula is C26H21Cl3O3. The van der Waals surface area contributed by atoms with Crippen molar-refractivity contribution in [2.24, 2.45) is 0 Å². The molecule has 0 saturated carbocycles. The van der Waals surface area contributed by atoms with Crippen molar-refractivity contribution < 1.29 is 14.7 Å². The van der Waals surface area contributed by atoms with Gasteiger partial charge in [-0.2, -0.15) is 0 Å². The minimum absolute atomic E-state index is 0.135. The second-order valence-corrected chi connectivity index (χ2v) is 8.77. The third-order valence-electron chi connectivity index (χ3n) is 5.35. The number of carboxylic acids is 1. The Hall–Kier alpha value is -2.59. The second kappa shape index (κ2) is 10.8. The molecule has 3 aromatic rings. The molecule has 0 aliphatic carbocycles. The van der Waals surface area contributed by atoms with Gasteiger partial charge in [0.05, 0.1) is 15.5 Å². The van der Waals surface area contributed by atoms with Crippen LogP contribution < -0.4 is 0 Å². The van der Waals surface area contributed by atoms with E-state index in [1.165, 1.54) is 6.08 Å². The highest BCUT2D eigenvalue weighted by atomic mass is 35.5. The van der Waals surface area contributed by atoms with E-state index in [0.717, 1.165) is 16.7 Å². The molecule has 0 bridgehead atoms. The maximum Gasteiger partial charge on any atom is 0.303 e. The summed E-state index contributed by atoms with van der Waals surface area (Å²) < 4.78 is 0. The number of carbonyl (C=O) groups is 2. The molecular weight excluding hydrogens is 467 g/mol. The number of halogens is 3. The molecule has 3 nitrogen and oxygen atoms in total. The third-order valence-corrected chi connectivity index (χ3v) is 6.34. The van der Waals surface area contributed by atoms with Gasteiger partial charge in [-0.25, -0.2) is 0 Å². The van der Waals surface area contributed by atoms with Crippen LogP contribution in [0.1, 0.15) is 29.5 Å². The summed E-state index contributed by atoms with van der Waals surface area (Å²) in [5.41, 5.74) is 1.28. The van der Waals surface area contributed by atoms with Crippen LogP contribution in [0.15, 0.2) is 78.9 Å². The van der Waals surface area contributed by atoms with Gasteiger partial charge in [-0.15, -0.1) is 0 Å². The van der Waals surface area contributed by atoms with Gasteiger partial charge in [0.15, 0.2) is 5.78 Å². The highest BCUT2D eigenvalue weighted by Crippen LogP contribution is 2.37. The lowest BCUT2D eigenvalue weighted by molar-refractivity contribution is -0.137. The number of hydrogen-bond donors (Lipinski definition) is 1. The van der Waals surface area contributed by atoms with Crippen molar-refractivity contribution in [2.45, 2.75) is 24.7 Å². The fourth-order valence-electron chi connectivity index (χ4n) is 3.67. The third kappa shape index (κ3) is 6.01. The van der Waals surface area contributed by atoms with Gasteiger partial charge in [0.2, 0.25) is 0 Å². The Bertz CT molecular complexity index is 1120. The van der Waals surface area contributed by atoms with E-state index in [1.807, 2.05) is 48.5 Å². The van der Waals surface area contributed by atoms with Gasteiger partial charge < -0.3 is 5.11 Å². The second-order valence-electron chi connectivity index (χ2n) is 7.52. The molecule has 32 heavy (non-hydrogen) atoms. The number of hydrogen-bond acceptors (Lipinski definition) is 2. The van der Waals surface area contributed by atoms with Gasteiger partial charge in [-0.3, -0.25) is 9.59 Å². The summed E-state index contributed by atoms with van der Waals surface area (Å²) in [5, 5.41) is 10.8. The van der Waals surface area contributed by atoms with Crippen LogP contribution in [0.3, 0.4) is 0 Å². The van der Waals surface area contributed by atoms with Gasteiger partial charge in [0.1, 0.15) is 0 Å². The van der Waals surface area contributed by atoms with Crippen molar-refractivity contribution >= 4 is 52.6 Å². The molecule has 3 aromatic carbocycles. The molecule has 0 heterocycles. The Labute approximate surface area is 202 Å². The van der Waals surface area contributed by atoms with Crippen LogP contribution in [0.4, 0.5) is 0 Å². The number of carbonyl (C=O) groups excluding carboxylic acids is 1. The fraction of sp³-hybridized carbons (Fsp3) is 0.154. The fourth-order valence-corrected chi connectivity index (χ4v) is 4.11. The summed E-state index contributed by atoms with van der Waals surface area (Å²) in [6.07, 6.45) is 3.49. The Balaban J connectivity index is 2.07. The Morgan fingerprint density at radius 1 is 0.875 bits per heavy atom. The van der Waals surface area contributed by atoms with E-state index in [0.29, 0.717) is 15.1 Å². The first-order valence-corrected chi connectivity index (χ1v) is 11.1. The SMILES string of the molecule is O=C(O)CCC(Cc1ccc(Cl)c(Cl)c1)(C(=O)/C=C/c1ccc(Cl)cc1)c1ccccc1. The maximum atomic E-state index is 13.7. The maximum absolute atomic E-state index is 13.7. The molecule has 0 amide bonds. The standard InChI is InChI=1S/C26H21Cl3O3/c27-21-10-6-18(7-11-21)9-13-24(30)26(15-14-25(31)32,20-4-2-1-3-5-20)17-19-8-12-22(28)23(29)16-19/h1-13,16H,14-15,17H2,(H,31,32)/b13-9+. The predicted octanol–water partition coefficient (Wildman–Crippen LogP) is 7.27. The number of aliphatic carboxylic acids is 1. The van der Waals surface area contributed by atoms with Crippen molar-refractivity contribution in [1.29, 1.82) is 0 Å². The highest BCUT2D eigenvalue weighted by Gasteiger charge is 2.39. The summed E-state index contributed by atoms with van der Waals surface area (Å²) in [5.74, 6) is -1.15. The number of carboxylic acid groups (broad SMARTS) is 1. The van der Waals surface area contributed by atoms with Crippen LogP contribution in [0.5, 0.6) is 0 Å². The highest BCUT2D eigenvalue weighted by molar-refractivity contribution is 6.42. The molecule has 0 aliphatic rings. The average Bonchev–Trinajstić information content (AvgIpc) is 2.79. The molecule has 0 fully saturated rings. The van der Waals surface area contributed by atoms with Gasteiger partial charge >= 0.3 is 5.97 Å². The van der Waals surface area contributed by atoms with Crippen LogP contribution in [0.25, 0.3) is 6.08 Å². The van der Waals surface area contributed by atoms with Crippen molar-refractivity contribution in [1.82, 2.24) is 0 Å². The van der Waals surface area contributed by atoms with E-state index in [4.69, 9.17) is 34.8 Å². The first-order chi connectivity index (χ1) is 15.3. The van der Waals surface area contributed by atoms with E-state index >= 15 is 0 Å². The van der Waals surface area contributed by atoms with Gasteiger partial charge in [-0.05, 0) is 59.9 Å². The van der Waals surface area contributed by atoms with E-state index in [-0.39, 0.29) is 25.0 Å². The van der Waals surface area contributed by atoms with E-state index in [1.54, 1.807) is 30.3 Å². The van der Waals surface area contributed by atoms with Crippen LogP contribution in [-0.2, 0) is 21.4 Å². The smallest absolute Gasteiger partial charge is 0.303 e. The molecule has 6 heteroatoms. The molecule has 0 saturated heterocycles. The van der Waals surface area contributed by atoms with Crippen LogP contribution >= 0.6 is 34.8 Å². The molecule has 0 aromatic heterocycles. The zero-order valence-corrected chi connectivity index (χ0v) is 19.4. The zero-order chi connectivity index (χ0) is 23.1. The first-order valence-electron chi connectivity index (χ1n) is 9.99. The molecule has 1 unspecified atom stereocenters. The lowest BCUT2D eigenvalue weighted by atomic mass is 9.69. The Kier molecular flexibility index (Phi) is 8.14. The van der Waals surface area contributed by atoms with Crippen molar-refractivity contribution in [3.63, 3.8) is 0 Å². The molecule has 0 radical (unpaired) electrons. The minimum Gasteiger partial charge on any atom is -0.481 e. The monoisotopic (exact) mass is 486 g/mol. The van der Waals surface area contributed by atoms with E-state index in [9.17, 15) is 14.7 Å². The molecule has 164 valence electrons. The molecule has 0 aliphatic heterocycles. The van der Waals surface area contributed by atoms with E-state index in [2.05, 4.69) is 0 Å². The molecule has 1 atom stereocenters. The summed E-state index contributed by atoms with van der Waals surface area (Å²) in [6, 6.07) is 21.6. The minimum atomic E-state index is -1.08. The van der Waals surface area contributed by atoms with Crippen LogP contribution in [0, 0.1) is 0 Å². The summed E-state index contributed by atoms with van der Waals surface area (Å²) in [7, 11) is 0. The zero-order valence-electron chi connectivity index (χ0n) is 17.1. The summed E-state index contributed by atoms with van der Waals surface area (Å²) >= 11 is 18.2. The van der Waals surface area contributed by atoms with Crippen molar-refractivity contribution in [3.8, 4) is 0 Å². The number of allylic oxidation sites excluding steroid dienone is 1. The molecule has 3 rings (SSSR count). The first kappa shape index (κ1) is 24.1. The topological polar surface area (TPSA) is 54.4 Å². The van der Waals surface area contributed by atoms with Crippen LogP contribution in [0.2, 0.25) is 15.1 Å². The van der Waals surface area contributed by atoms with Gasteiger partial charge in [0.25, 0.3) is 0 Å². The van der Waals surface area contributed by atoms with Gasteiger partial charge in [-0.1, -0.05) is 89.4 Å².